The Morgan fingerprint density at radius 3 is 2.19 bits per heavy atom. The predicted molar refractivity (Wildman–Crippen MR) is 80.8 cm³/mol. The first-order chi connectivity index (χ1) is 7.81. The molecule has 0 bridgehead atoms. The molecule has 0 heterocycles. The number of alkyl halides is 2. The van der Waals surface area contributed by atoms with E-state index in [1.54, 1.807) is 0 Å². The molecule has 0 radical (unpaired) electrons. The van der Waals surface area contributed by atoms with Crippen LogP contribution < -0.4 is 0 Å². The van der Waals surface area contributed by atoms with Gasteiger partial charge in [0.2, 0.25) is 0 Å². The van der Waals surface area contributed by atoms with Crippen LogP contribution in [0.5, 0.6) is 0 Å². The van der Waals surface area contributed by atoms with Crippen molar-refractivity contribution in [3.63, 3.8) is 0 Å². The molecule has 1 unspecified atom stereocenters. The minimum Gasteiger partial charge on any atom is -0.379 e. The molecule has 0 saturated heterocycles. The van der Waals surface area contributed by atoms with Gasteiger partial charge in [-0.25, -0.2) is 0 Å². The Balaban J connectivity index is 3.02. The zero-order valence-corrected chi connectivity index (χ0v) is 13.9. The largest absolute Gasteiger partial charge is 0.379 e. The zero-order valence-electron chi connectivity index (χ0n) is 9.62. The Hall–Kier alpha value is 1.30. The van der Waals surface area contributed by atoms with Crippen LogP contribution in [0.1, 0.15) is 6.92 Å². The lowest BCUT2D eigenvalue weighted by atomic mass is 10.7. The minimum atomic E-state index is 0.135. The fourth-order valence-electron chi connectivity index (χ4n) is 0.879. The van der Waals surface area contributed by atoms with Crippen molar-refractivity contribution in [3.8, 4) is 0 Å². The van der Waals surface area contributed by atoms with Crippen LogP contribution in [0.25, 0.3) is 0 Å². The number of hydrogen-bond donors (Lipinski definition) is 0. The van der Waals surface area contributed by atoms with E-state index in [2.05, 4.69) is 45.2 Å². The smallest absolute Gasteiger partial charge is 0.132 e. The maximum atomic E-state index is 5.44. The quantitative estimate of drug-likeness (QED) is 0.256. The van der Waals surface area contributed by atoms with Gasteiger partial charge in [-0.15, -0.1) is 0 Å². The second kappa shape index (κ2) is 14.4. The SMILES string of the molecule is CCOCCOCCOCC(I)OCCI. The number of hydrogen-bond acceptors (Lipinski definition) is 4. The van der Waals surface area contributed by atoms with E-state index in [0.29, 0.717) is 33.0 Å². The van der Waals surface area contributed by atoms with Gasteiger partial charge in [0.25, 0.3) is 0 Å². The molecule has 0 amide bonds. The van der Waals surface area contributed by atoms with Gasteiger partial charge in [0.15, 0.2) is 0 Å². The highest BCUT2D eigenvalue weighted by Gasteiger charge is 2.02. The third-order valence-electron chi connectivity index (χ3n) is 1.57. The van der Waals surface area contributed by atoms with Crippen LogP contribution in [0.2, 0.25) is 0 Å². The van der Waals surface area contributed by atoms with Crippen molar-refractivity contribution in [2.75, 3.05) is 50.7 Å². The second-order valence-electron chi connectivity index (χ2n) is 2.85. The van der Waals surface area contributed by atoms with Crippen LogP contribution in [-0.2, 0) is 18.9 Å². The highest BCUT2D eigenvalue weighted by molar-refractivity contribution is 14.1. The highest BCUT2D eigenvalue weighted by Crippen LogP contribution is 2.03. The van der Waals surface area contributed by atoms with Gasteiger partial charge >= 0.3 is 0 Å². The molecule has 0 aliphatic rings. The van der Waals surface area contributed by atoms with Crippen molar-refractivity contribution in [2.24, 2.45) is 0 Å². The number of ether oxygens (including phenoxy) is 4. The molecule has 98 valence electrons. The summed E-state index contributed by atoms with van der Waals surface area (Å²) in [5.41, 5.74) is 0. The van der Waals surface area contributed by atoms with E-state index in [4.69, 9.17) is 18.9 Å². The van der Waals surface area contributed by atoms with Crippen molar-refractivity contribution in [2.45, 2.75) is 11.0 Å². The van der Waals surface area contributed by atoms with Crippen LogP contribution in [0, 0.1) is 0 Å². The Labute approximate surface area is 125 Å². The van der Waals surface area contributed by atoms with E-state index in [1.165, 1.54) is 0 Å². The lowest BCUT2D eigenvalue weighted by molar-refractivity contribution is -0.00257. The summed E-state index contributed by atoms with van der Waals surface area (Å²) in [4.78, 5) is 0. The molecule has 6 heteroatoms. The lowest BCUT2D eigenvalue weighted by Gasteiger charge is -2.11. The first kappa shape index (κ1) is 17.3. The molecule has 0 aliphatic heterocycles. The molecule has 0 spiro atoms. The Bertz CT molecular complexity index is 138. The summed E-state index contributed by atoms with van der Waals surface area (Å²) >= 11 is 4.52. The molecule has 0 aromatic heterocycles. The first-order valence-corrected chi connectivity index (χ1v) is 8.13. The summed E-state index contributed by atoms with van der Waals surface area (Å²) in [5.74, 6) is 0. The van der Waals surface area contributed by atoms with Gasteiger partial charge < -0.3 is 18.9 Å². The van der Waals surface area contributed by atoms with E-state index < -0.39 is 0 Å². The molecule has 0 aromatic rings. The molecule has 16 heavy (non-hydrogen) atoms. The molecule has 0 aliphatic carbocycles. The maximum Gasteiger partial charge on any atom is 0.132 e. The normalized spacial score (nSPS) is 12.9. The van der Waals surface area contributed by atoms with Crippen LogP contribution in [0.4, 0.5) is 0 Å². The van der Waals surface area contributed by atoms with E-state index in [-0.39, 0.29) is 4.11 Å². The average Bonchev–Trinajstić information content (AvgIpc) is 2.30. The summed E-state index contributed by atoms with van der Waals surface area (Å²) in [7, 11) is 0. The number of rotatable bonds is 12. The van der Waals surface area contributed by atoms with Gasteiger partial charge in [-0.3, -0.25) is 0 Å². The molecule has 0 rings (SSSR count). The van der Waals surface area contributed by atoms with Gasteiger partial charge in [-0.05, 0) is 29.5 Å². The maximum absolute atomic E-state index is 5.44. The van der Waals surface area contributed by atoms with Gasteiger partial charge in [0.05, 0.1) is 39.6 Å². The van der Waals surface area contributed by atoms with Crippen molar-refractivity contribution in [1.82, 2.24) is 0 Å². The van der Waals surface area contributed by atoms with Gasteiger partial charge in [-0.1, -0.05) is 22.6 Å². The predicted octanol–water partition coefficient (Wildman–Crippen LogP) is 2.27. The summed E-state index contributed by atoms with van der Waals surface area (Å²) in [6.07, 6.45) is 0. The van der Waals surface area contributed by atoms with Crippen LogP contribution in [0.15, 0.2) is 0 Å². The summed E-state index contributed by atoms with van der Waals surface area (Å²) in [5, 5.41) is 0. The van der Waals surface area contributed by atoms with Crippen molar-refractivity contribution >= 4 is 45.2 Å². The van der Waals surface area contributed by atoms with Crippen molar-refractivity contribution < 1.29 is 18.9 Å². The molecule has 0 N–H and O–H groups in total. The van der Waals surface area contributed by atoms with Gasteiger partial charge in [0.1, 0.15) is 4.11 Å². The monoisotopic (exact) mass is 458 g/mol. The lowest BCUT2D eigenvalue weighted by Crippen LogP contribution is -2.16. The summed E-state index contributed by atoms with van der Waals surface area (Å²) in [6.45, 7) is 6.63. The van der Waals surface area contributed by atoms with Crippen LogP contribution in [0.3, 0.4) is 0 Å². The van der Waals surface area contributed by atoms with Crippen LogP contribution in [-0.4, -0.2) is 54.8 Å². The molecule has 4 nitrogen and oxygen atoms in total. The third-order valence-corrected chi connectivity index (χ3v) is 2.73. The Morgan fingerprint density at radius 1 is 0.938 bits per heavy atom. The standard InChI is InChI=1S/C10H20I2O4/c1-2-13-5-6-14-7-8-15-9-10(12)16-4-3-11/h10H,2-9H2,1H3. The van der Waals surface area contributed by atoms with Gasteiger partial charge in [0, 0.05) is 11.0 Å². The molecule has 0 fully saturated rings. The fourth-order valence-corrected chi connectivity index (χ4v) is 1.64. The molecular formula is C10H20I2O4. The summed E-state index contributed by atoms with van der Waals surface area (Å²) < 4.78 is 22.4. The third kappa shape index (κ3) is 13.4. The van der Waals surface area contributed by atoms with Crippen molar-refractivity contribution in [1.29, 1.82) is 0 Å². The van der Waals surface area contributed by atoms with E-state index in [0.717, 1.165) is 17.6 Å². The zero-order chi connectivity index (χ0) is 12.1. The Morgan fingerprint density at radius 2 is 1.56 bits per heavy atom. The first-order valence-electron chi connectivity index (χ1n) is 5.36. The summed E-state index contributed by atoms with van der Waals surface area (Å²) in [6, 6.07) is 0. The topological polar surface area (TPSA) is 36.9 Å². The fraction of sp³-hybridized carbons (Fsp3) is 1.00. The van der Waals surface area contributed by atoms with Crippen LogP contribution >= 0.6 is 45.2 Å². The van der Waals surface area contributed by atoms with E-state index >= 15 is 0 Å². The van der Waals surface area contributed by atoms with E-state index in [1.807, 2.05) is 6.92 Å². The Kier molecular flexibility index (Phi) is 15.5. The molecule has 1 atom stereocenters. The molecule has 0 aromatic carbocycles. The average molecular weight is 458 g/mol. The highest BCUT2D eigenvalue weighted by atomic mass is 127. The molecule has 0 saturated carbocycles. The molecular weight excluding hydrogens is 438 g/mol. The number of halogens is 2. The second-order valence-corrected chi connectivity index (χ2v) is 5.32. The van der Waals surface area contributed by atoms with E-state index in [9.17, 15) is 0 Å². The minimum absolute atomic E-state index is 0.135. The van der Waals surface area contributed by atoms with Gasteiger partial charge in [-0.2, -0.15) is 0 Å². The van der Waals surface area contributed by atoms with Crippen molar-refractivity contribution in [3.05, 3.63) is 0 Å².